The average Bonchev–Trinajstić information content (AvgIpc) is 2.66. The first kappa shape index (κ1) is 18.9. The molecule has 134 valence electrons. The summed E-state index contributed by atoms with van der Waals surface area (Å²) in [5.74, 6) is 0.605. The largest absolute Gasteiger partial charge is 0.484 e. The van der Waals surface area contributed by atoms with Gasteiger partial charge in [0.05, 0.1) is 19.4 Å². The number of morpholine rings is 1. The van der Waals surface area contributed by atoms with E-state index in [-0.39, 0.29) is 12.5 Å². The van der Waals surface area contributed by atoms with Crippen LogP contribution < -0.4 is 15.5 Å². The van der Waals surface area contributed by atoms with Gasteiger partial charge < -0.3 is 19.7 Å². The van der Waals surface area contributed by atoms with Crippen molar-refractivity contribution in [3.63, 3.8) is 0 Å². The molecule has 0 atom stereocenters. The third kappa shape index (κ3) is 6.90. The highest BCUT2D eigenvalue weighted by atomic mass is 32.1. The predicted octanol–water partition coefficient (Wildman–Crippen LogP) is 0.908. The molecule has 25 heavy (non-hydrogen) atoms. The second-order valence-corrected chi connectivity index (χ2v) is 5.63. The third-order valence-electron chi connectivity index (χ3n) is 3.39. The maximum atomic E-state index is 12.0. The van der Waals surface area contributed by atoms with E-state index in [0.717, 1.165) is 5.56 Å². The molecule has 0 unspecified atom stereocenters. The van der Waals surface area contributed by atoms with Crippen molar-refractivity contribution in [2.75, 3.05) is 39.5 Å². The molecule has 1 fully saturated rings. The molecular formula is C17H22N4O3S. The number of hydrogen-bond acceptors (Lipinski definition) is 5. The van der Waals surface area contributed by atoms with Crippen LogP contribution in [0, 0.1) is 0 Å². The van der Waals surface area contributed by atoms with Crippen molar-refractivity contribution in [3.8, 4) is 5.75 Å². The molecule has 0 saturated carbocycles. The van der Waals surface area contributed by atoms with Crippen LogP contribution in [-0.4, -0.2) is 61.6 Å². The highest BCUT2D eigenvalue weighted by molar-refractivity contribution is 7.80. The van der Waals surface area contributed by atoms with E-state index in [9.17, 15) is 4.79 Å². The molecule has 0 spiro atoms. The molecular weight excluding hydrogens is 340 g/mol. The average molecular weight is 362 g/mol. The normalized spacial score (nSPS) is 14.2. The van der Waals surface area contributed by atoms with Crippen molar-refractivity contribution < 1.29 is 14.3 Å². The Morgan fingerprint density at radius 3 is 2.76 bits per heavy atom. The summed E-state index contributed by atoms with van der Waals surface area (Å²) in [5, 5.41) is 7.37. The molecule has 0 radical (unpaired) electrons. The molecule has 2 rings (SSSR count). The topological polar surface area (TPSA) is 75.2 Å². The first-order chi connectivity index (χ1) is 12.2. The molecule has 1 aromatic carbocycles. The Labute approximate surface area is 152 Å². The monoisotopic (exact) mass is 362 g/mol. The Kier molecular flexibility index (Phi) is 7.87. The maximum Gasteiger partial charge on any atom is 0.260 e. The maximum absolute atomic E-state index is 12.0. The molecule has 1 aromatic rings. The summed E-state index contributed by atoms with van der Waals surface area (Å²) in [6, 6.07) is 7.28. The van der Waals surface area contributed by atoms with E-state index in [1.807, 2.05) is 12.1 Å². The number of benzene rings is 1. The minimum absolute atomic E-state index is 0.0260. The lowest BCUT2D eigenvalue weighted by Gasteiger charge is -2.26. The fraction of sp³-hybridized carbons (Fsp3) is 0.353. The standard InChI is InChI=1S/C17H22N4O3S/c1-2-7-18-17(25)20-19-12-14-3-5-15(6-4-14)24-13-16(22)21-8-10-23-11-9-21/h2-6,12H,1,7-11,13H2,(H2,18,20,25)/b19-12-. The smallest absolute Gasteiger partial charge is 0.260 e. The van der Waals surface area contributed by atoms with Crippen molar-refractivity contribution in [2.45, 2.75) is 0 Å². The van der Waals surface area contributed by atoms with Gasteiger partial charge in [0.2, 0.25) is 0 Å². The van der Waals surface area contributed by atoms with Gasteiger partial charge in [0.25, 0.3) is 5.91 Å². The van der Waals surface area contributed by atoms with Crippen LogP contribution in [0.3, 0.4) is 0 Å². The van der Waals surface area contributed by atoms with Crippen molar-refractivity contribution >= 4 is 29.5 Å². The Morgan fingerprint density at radius 1 is 1.36 bits per heavy atom. The number of rotatable bonds is 7. The number of carbonyl (C=O) groups is 1. The zero-order chi connectivity index (χ0) is 17.9. The number of nitrogens with zero attached hydrogens (tertiary/aromatic N) is 2. The van der Waals surface area contributed by atoms with E-state index in [0.29, 0.717) is 43.7 Å². The van der Waals surface area contributed by atoms with Crippen molar-refractivity contribution in [1.82, 2.24) is 15.6 Å². The molecule has 2 N–H and O–H groups in total. The summed E-state index contributed by atoms with van der Waals surface area (Å²) in [6.07, 6.45) is 3.35. The van der Waals surface area contributed by atoms with Gasteiger partial charge in [-0.05, 0) is 42.0 Å². The quantitative estimate of drug-likeness (QED) is 0.325. The molecule has 0 aromatic heterocycles. The van der Waals surface area contributed by atoms with E-state index in [4.69, 9.17) is 21.7 Å². The van der Waals surface area contributed by atoms with Crippen LogP contribution in [0.5, 0.6) is 5.75 Å². The number of nitrogens with one attached hydrogen (secondary N) is 2. The van der Waals surface area contributed by atoms with Crippen LogP contribution >= 0.6 is 12.2 Å². The summed E-state index contributed by atoms with van der Waals surface area (Å²) in [7, 11) is 0. The van der Waals surface area contributed by atoms with Gasteiger partial charge in [0, 0.05) is 19.6 Å². The van der Waals surface area contributed by atoms with Crippen LogP contribution in [0.25, 0.3) is 0 Å². The number of thiocarbonyl (C=S) groups is 1. The zero-order valence-corrected chi connectivity index (χ0v) is 14.8. The van der Waals surface area contributed by atoms with E-state index in [2.05, 4.69) is 22.4 Å². The van der Waals surface area contributed by atoms with Crippen molar-refractivity contribution in [3.05, 3.63) is 42.5 Å². The van der Waals surface area contributed by atoms with E-state index < -0.39 is 0 Å². The second-order valence-electron chi connectivity index (χ2n) is 5.22. The van der Waals surface area contributed by atoms with Gasteiger partial charge in [-0.1, -0.05) is 6.08 Å². The van der Waals surface area contributed by atoms with Crippen LogP contribution in [0.1, 0.15) is 5.56 Å². The fourth-order valence-electron chi connectivity index (χ4n) is 2.07. The third-order valence-corrected chi connectivity index (χ3v) is 3.63. The summed E-state index contributed by atoms with van der Waals surface area (Å²) in [6.45, 7) is 6.60. The Bertz CT molecular complexity index is 613. The summed E-state index contributed by atoms with van der Waals surface area (Å²) < 4.78 is 10.8. The number of hydrogen-bond donors (Lipinski definition) is 2. The molecule has 0 aliphatic carbocycles. The van der Waals surface area contributed by atoms with Gasteiger partial charge in [-0.2, -0.15) is 5.10 Å². The molecule has 1 saturated heterocycles. The molecule has 1 aliphatic heterocycles. The molecule has 1 amide bonds. The van der Waals surface area contributed by atoms with E-state index in [1.54, 1.807) is 29.3 Å². The number of amides is 1. The van der Waals surface area contributed by atoms with Gasteiger partial charge in [0.15, 0.2) is 11.7 Å². The first-order valence-electron chi connectivity index (χ1n) is 7.95. The Hall–Kier alpha value is -2.45. The van der Waals surface area contributed by atoms with Crippen LogP contribution in [0.4, 0.5) is 0 Å². The van der Waals surface area contributed by atoms with Crippen LogP contribution in [0.15, 0.2) is 42.0 Å². The fourth-order valence-corrected chi connectivity index (χ4v) is 2.21. The number of hydrazone groups is 1. The van der Waals surface area contributed by atoms with Gasteiger partial charge in [-0.3, -0.25) is 10.2 Å². The second kappa shape index (κ2) is 10.4. The highest BCUT2D eigenvalue weighted by Crippen LogP contribution is 2.11. The predicted molar refractivity (Wildman–Crippen MR) is 101 cm³/mol. The first-order valence-corrected chi connectivity index (χ1v) is 8.36. The summed E-state index contributed by atoms with van der Waals surface area (Å²) >= 11 is 5.02. The molecule has 8 heteroatoms. The minimum Gasteiger partial charge on any atom is -0.484 e. The summed E-state index contributed by atoms with van der Waals surface area (Å²) in [5.41, 5.74) is 3.59. The Morgan fingerprint density at radius 2 is 2.08 bits per heavy atom. The van der Waals surface area contributed by atoms with Crippen LogP contribution in [-0.2, 0) is 9.53 Å². The number of ether oxygens (including phenoxy) is 2. The number of carbonyl (C=O) groups excluding carboxylic acids is 1. The van der Waals surface area contributed by atoms with E-state index >= 15 is 0 Å². The van der Waals surface area contributed by atoms with Gasteiger partial charge >= 0.3 is 0 Å². The zero-order valence-electron chi connectivity index (χ0n) is 13.9. The molecule has 1 aliphatic rings. The lowest BCUT2D eigenvalue weighted by atomic mass is 10.2. The SMILES string of the molecule is C=CCNC(=S)N/N=C\c1ccc(OCC(=O)N2CCOCC2)cc1. The van der Waals surface area contributed by atoms with Gasteiger partial charge in [0.1, 0.15) is 5.75 Å². The van der Waals surface area contributed by atoms with E-state index in [1.165, 1.54) is 0 Å². The molecule has 0 bridgehead atoms. The lowest BCUT2D eigenvalue weighted by Crippen LogP contribution is -2.42. The van der Waals surface area contributed by atoms with Crippen molar-refractivity contribution in [2.24, 2.45) is 5.10 Å². The van der Waals surface area contributed by atoms with Gasteiger partial charge in [-0.25, -0.2) is 0 Å². The highest BCUT2D eigenvalue weighted by Gasteiger charge is 2.16. The minimum atomic E-state index is -0.0290. The molecule has 1 heterocycles. The Balaban J connectivity index is 1.74. The summed E-state index contributed by atoms with van der Waals surface area (Å²) in [4.78, 5) is 13.8. The van der Waals surface area contributed by atoms with Crippen molar-refractivity contribution in [1.29, 1.82) is 0 Å². The molecule has 7 nitrogen and oxygen atoms in total. The van der Waals surface area contributed by atoms with Gasteiger partial charge in [-0.15, -0.1) is 6.58 Å². The van der Waals surface area contributed by atoms with Crippen LogP contribution in [0.2, 0.25) is 0 Å². The lowest BCUT2D eigenvalue weighted by molar-refractivity contribution is -0.137.